The van der Waals surface area contributed by atoms with Gasteiger partial charge in [-0.3, -0.25) is 10.1 Å². The third-order valence-corrected chi connectivity index (χ3v) is 3.60. The highest BCUT2D eigenvalue weighted by Crippen LogP contribution is 2.29. The molecule has 0 saturated carbocycles. The summed E-state index contributed by atoms with van der Waals surface area (Å²) in [5, 5.41) is 20.0. The number of nitrogens with zero attached hydrogens (tertiary/aromatic N) is 2. The van der Waals surface area contributed by atoms with Crippen LogP contribution in [0.4, 0.5) is 5.69 Å². The standard InChI is InChI=1S/C12H11BrN2O3/c13-12-9(3-1-5-11(12)15(17)18)7-14-6-2-4-10(14)8-16/h1-6,16H,7-8H2. The van der Waals surface area contributed by atoms with Gasteiger partial charge in [-0.05, 0) is 33.6 Å². The van der Waals surface area contributed by atoms with Crippen LogP contribution in [0.5, 0.6) is 0 Å². The van der Waals surface area contributed by atoms with Crippen molar-refractivity contribution in [2.75, 3.05) is 0 Å². The minimum Gasteiger partial charge on any atom is -0.390 e. The van der Waals surface area contributed by atoms with E-state index in [4.69, 9.17) is 5.11 Å². The van der Waals surface area contributed by atoms with Gasteiger partial charge in [-0.15, -0.1) is 0 Å². The molecular formula is C12H11BrN2O3. The van der Waals surface area contributed by atoms with Gasteiger partial charge < -0.3 is 9.67 Å². The van der Waals surface area contributed by atoms with E-state index in [1.807, 2.05) is 29.0 Å². The Labute approximate surface area is 112 Å². The summed E-state index contributed by atoms with van der Waals surface area (Å²) in [7, 11) is 0. The predicted octanol–water partition coefficient (Wildman–Crippen LogP) is 2.70. The van der Waals surface area contributed by atoms with Crippen LogP contribution < -0.4 is 0 Å². The molecule has 1 aromatic heterocycles. The first-order valence-electron chi connectivity index (χ1n) is 5.30. The molecule has 0 amide bonds. The topological polar surface area (TPSA) is 68.3 Å². The average Bonchev–Trinajstić information content (AvgIpc) is 2.78. The number of hydrogen-bond donors (Lipinski definition) is 1. The highest BCUT2D eigenvalue weighted by Gasteiger charge is 2.15. The largest absolute Gasteiger partial charge is 0.390 e. The molecule has 0 radical (unpaired) electrons. The Balaban J connectivity index is 2.35. The zero-order valence-corrected chi connectivity index (χ0v) is 11.0. The highest BCUT2D eigenvalue weighted by molar-refractivity contribution is 9.10. The Morgan fingerprint density at radius 1 is 1.33 bits per heavy atom. The lowest BCUT2D eigenvalue weighted by Gasteiger charge is -2.09. The summed E-state index contributed by atoms with van der Waals surface area (Å²) >= 11 is 3.26. The second kappa shape index (κ2) is 5.32. The molecule has 18 heavy (non-hydrogen) atoms. The van der Waals surface area contributed by atoms with Crippen LogP contribution in [0.1, 0.15) is 11.3 Å². The van der Waals surface area contributed by atoms with Crippen LogP contribution in [0.25, 0.3) is 0 Å². The molecule has 0 saturated heterocycles. The Morgan fingerprint density at radius 2 is 2.11 bits per heavy atom. The van der Waals surface area contributed by atoms with Crippen molar-refractivity contribution in [3.63, 3.8) is 0 Å². The third kappa shape index (κ3) is 2.44. The highest BCUT2D eigenvalue weighted by atomic mass is 79.9. The lowest BCUT2D eigenvalue weighted by Crippen LogP contribution is -2.04. The predicted molar refractivity (Wildman–Crippen MR) is 70.3 cm³/mol. The normalized spacial score (nSPS) is 10.6. The maximum absolute atomic E-state index is 10.8. The van der Waals surface area contributed by atoms with E-state index in [1.165, 1.54) is 6.07 Å². The van der Waals surface area contributed by atoms with Gasteiger partial charge in [0.2, 0.25) is 0 Å². The third-order valence-electron chi connectivity index (χ3n) is 2.68. The molecular weight excluding hydrogens is 300 g/mol. The minimum absolute atomic E-state index is 0.0465. The van der Waals surface area contributed by atoms with Crippen LogP contribution in [-0.2, 0) is 13.2 Å². The van der Waals surface area contributed by atoms with Gasteiger partial charge in [-0.2, -0.15) is 0 Å². The molecule has 2 aromatic rings. The molecule has 0 unspecified atom stereocenters. The van der Waals surface area contributed by atoms with Crippen molar-refractivity contribution in [2.24, 2.45) is 0 Å². The summed E-state index contributed by atoms with van der Waals surface area (Å²) in [6.45, 7) is 0.421. The molecule has 2 rings (SSSR count). The van der Waals surface area contributed by atoms with Crippen molar-refractivity contribution in [1.82, 2.24) is 4.57 Å². The first kappa shape index (κ1) is 12.8. The lowest BCUT2D eigenvalue weighted by atomic mass is 10.2. The summed E-state index contributed by atoms with van der Waals surface area (Å²) in [5.41, 5.74) is 1.62. The smallest absolute Gasteiger partial charge is 0.283 e. The van der Waals surface area contributed by atoms with Gasteiger partial charge in [0, 0.05) is 24.5 Å². The van der Waals surface area contributed by atoms with Crippen molar-refractivity contribution in [2.45, 2.75) is 13.2 Å². The van der Waals surface area contributed by atoms with Gasteiger partial charge >= 0.3 is 0 Å². The molecule has 6 heteroatoms. The number of aromatic nitrogens is 1. The molecule has 0 atom stereocenters. The van der Waals surface area contributed by atoms with E-state index in [9.17, 15) is 10.1 Å². The van der Waals surface area contributed by atoms with Crippen LogP contribution in [0.3, 0.4) is 0 Å². The lowest BCUT2D eigenvalue weighted by molar-refractivity contribution is -0.385. The van der Waals surface area contributed by atoms with Gasteiger partial charge in [0.1, 0.15) is 4.47 Å². The molecule has 1 N–H and O–H groups in total. The van der Waals surface area contributed by atoms with Crippen LogP contribution in [-0.4, -0.2) is 14.6 Å². The van der Waals surface area contributed by atoms with Crippen LogP contribution >= 0.6 is 15.9 Å². The number of rotatable bonds is 4. The minimum atomic E-state index is -0.420. The number of halogens is 1. The molecule has 0 aliphatic heterocycles. The van der Waals surface area contributed by atoms with E-state index in [1.54, 1.807) is 6.07 Å². The first-order valence-corrected chi connectivity index (χ1v) is 6.09. The molecule has 0 aliphatic rings. The monoisotopic (exact) mass is 310 g/mol. The van der Waals surface area contributed by atoms with E-state index in [0.717, 1.165) is 11.3 Å². The molecule has 94 valence electrons. The molecule has 0 aliphatic carbocycles. The van der Waals surface area contributed by atoms with Gasteiger partial charge in [0.25, 0.3) is 5.69 Å². The summed E-state index contributed by atoms with van der Waals surface area (Å²) in [4.78, 5) is 10.4. The summed E-state index contributed by atoms with van der Waals surface area (Å²) in [6.07, 6.45) is 1.83. The summed E-state index contributed by atoms with van der Waals surface area (Å²) in [5.74, 6) is 0. The Bertz CT molecular complexity index is 580. The number of nitro benzene ring substituents is 1. The number of nitro groups is 1. The quantitative estimate of drug-likeness (QED) is 0.697. The maximum atomic E-state index is 10.8. The fourth-order valence-corrected chi connectivity index (χ4v) is 2.29. The second-order valence-electron chi connectivity index (χ2n) is 3.79. The number of aliphatic hydroxyl groups is 1. The second-order valence-corrected chi connectivity index (χ2v) is 4.59. The molecule has 1 aromatic carbocycles. The van der Waals surface area contributed by atoms with Gasteiger partial charge in [0.05, 0.1) is 11.5 Å². The van der Waals surface area contributed by atoms with E-state index >= 15 is 0 Å². The van der Waals surface area contributed by atoms with Crippen LogP contribution in [0.15, 0.2) is 41.0 Å². The van der Waals surface area contributed by atoms with E-state index in [-0.39, 0.29) is 12.3 Å². The van der Waals surface area contributed by atoms with E-state index in [2.05, 4.69) is 15.9 Å². The number of hydrogen-bond acceptors (Lipinski definition) is 3. The molecule has 0 spiro atoms. The van der Waals surface area contributed by atoms with Crippen LogP contribution in [0, 0.1) is 10.1 Å². The molecule has 0 fully saturated rings. The van der Waals surface area contributed by atoms with Crippen LogP contribution in [0.2, 0.25) is 0 Å². The fourth-order valence-electron chi connectivity index (χ4n) is 1.76. The molecule has 5 nitrogen and oxygen atoms in total. The van der Waals surface area contributed by atoms with Crippen molar-refractivity contribution in [1.29, 1.82) is 0 Å². The molecule has 0 bridgehead atoms. The first-order chi connectivity index (χ1) is 8.63. The summed E-state index contributed by atoms with van der Waals surface area (Å²) < 4.78 is 2.33. The fraction of sp³-hybridized carbons (Fsp3) is 0.167. The average molecular weight is 311 g/mol. The number of aliphatic hydroxyl groups excluding tert-OH is 1. The molecule has 1 heterocycles. The SMILES string of the molecule is O=[N+]([O-])c1cccc(Cn2cccc2CO)c1Br. The zero-order valence-electron chi connectivity index (χ0n) is 9.41. The van der Waals surface area contributed by atoms with E-state index < -0.39 is 4.92 Å². The van der Waals surface area contributed by atoms with Gasteiger partial charge in [0.15, 0.2) is 0 Å². The van der Waals surface area contributed by atoms with E-state index in [0.29, 0.717) is 11.0 Å². The van der Waals surface area contributed by atoms with Gasteiger partial charge in [-0.25, -0.2) is 0 Å². The van der Waals surface area contributed by atoms with Crippen molar-refractivity contribution >= 4 is 21.6 Å². The van der Waals surface area contributed by atoms with Crippen molar-refractivity contribution < 1.29 is 10.0 Å². The summed E-state index contributed by atoms with van der Waals surface area (Å²) in [6, 6.07) is 8.57. The Morgan fingerprint density at radius 3 is 2.78 bits per heavy atom. The van der Waals surface area contributed by atoms with Crippen molar-refractivity contribution in [3.8, 4) is 0 Å². The van der Waals surface area contributed by atoms with Gasteiger partial charge in [-0.1, -0.05) is 12.1 Å². The maximum Gasteiger partial charge on any atom is 0.283 e. The van der Waals surface area contributed by atoms with Crippen molar-refractivity contribution in [3.05, 3.63) is 62.4 Å². The Kier molecular flexibility index (Phi) is 3.78. The zero-order chi connectivity index (χ0) is 13.1. The number of benzene rings is 1. The Hall–Kier alpha value is -1.66.